The van der Waals surface area contributed by atoms with Crippen molar-refractivity contribution in [2.45, 2.75) is 19.4 Å². The van der Waals surface area contributed by atoms with Crippen molar-refractivity contribution in [2.75, 3.05) is 38.2 Å². The number of amides is 2. The largest absolute Gasteiger partial charge is 0.477 e. The van der Waals surface area contributed by atoms with Crippen LogP contribution in [0.1, 0.15) is 13.3 Å². The monoisotopic (exact) mass is 353 g/mol. The van der Waals surface area contributed by atoms with Gasteiger partial charge in [-0.3, -0.25) is 9.59 Å². The van der Waals surface area contributed by atoms with Crippen molar-refractivity contribution in [1.29, 1.82) is 0 Å². The Kier molecular flexibility index (Phi) is 4.75. The molecular weight excluding hydrogens is 334 g/mol. The first-order valence-electron chi connectivity index (χ1n) is 7.94. The maximum absolute atomic E-state index is 12.1. The molecule has 1 atom stereocenters. The Morgan fingerprint density at radius 3 is 2.88 bits per heavy atom. The molecule has 0 aromatic carbocycles. The van der Waals surface area contributed by atoms with Crippen LogP contribution in [-0.4, -0.2) is 66.0 Å². The van der Waals surface area contributed by atoms with E-state index in [2.05, 4.69) is 15.3 Å². The summed E-state index contributed by atoms with van der Waals surface area (Å²) in [4.78, 5) is 36.1. The third kappa shape index (κ3) is 3.10. The Morgan fingerprint density at radius 1 is 1.46 bits per heavy atom. The number of likely N-dealkylation sites (tertiary alicyclic amines) is 1. The second-order valence-electron chi connectivity index (χ2n) is 5.88. The molecule has 1 aromatic heterocycles. The minimum Gasteiger partial charge on any atom is -0.477 e. The molecule has 1 aromatic rings. The molecule has 0 spiro atoms. The maximum atomic E-state index is 12.1. The van der Waals surface area contributed by atoms with Crippen LogP contribution in [0.25, 0.3) is 0 Å². The van der Waals surface area contributed by atoms with Gasteiger partial charge in [-0.2, -0.15) is 4.98 Å². The predicted molar refractivity (Wildman–Crippen MR) is 88.1 cm³/mol. The fourth-order valence-corrected chi connectivity index (χ4v) is 3.16. The number of halogens is 1. The van der Waals surface area contributed by atoms with Crippen LogP contribution in [0.5, 0.6) is 5.88 Å². The normalized spacial score (nSPS) is 21.0. The molecule has 2 aliphatic heterocycles. The van der Waals surface area contributed by atoms with Crippen LogP contribution in [-0.2, 0) is 9.59 Å². The summed E-state index contributed by atoms with van der Waals surface area (Å²) in [5.41, 5.74) is 0. The predicted octanol–water partition coefficient (Wildman–Crippen LogP) is 0.312. The third-order valence-corrected chi connectivity index (χ3v) is 4.60. The summed E-state index contributed by atoms with van der Waals surface area (Å²) in [5.74, 6) is 0.593. The molecule has 1 N–H and O–H groups in total. The van der Waals surface area contributed by atoms with Crippen molar-refractivity contribution in [1.82, 2.24) is 20.2 Å². The Hall–Kier alpha value is -2.09. The summed E-state index contributed by atoms with van der Waals surface area (Å²) in [7, 11) is 1.59. The molecule has 2 aliphatic rings. The van der Waals surface area contributed by atoms with E-state index in [1.165, 1.54) is 6.20 Å². The Morgan fingerprint density at radius 2 is 2.21 bits per heavy atom. The zero-order valence-electron chi connectivity index (χ0n) is 13.7. The lowest BCUT2D eigenvalue weighted by molar-refractivity contribution is -0.130. The van der Waals surface area contributed by atoms with Crippen molar-refractivity contribution < 1.29 is 14.3 Å². The topological polar surface area (TPSA) is 87.7 Å². The van der Waals surface area contributed by atoms with E-state index >= 15 is 0 Å². The maximum Gasteiger partial charge on any atom is 0.237 e. The summed E-state index contributed by atoms with van der Waals surface area (Å²) in [6.07, 6.45) is 1.80. The van der Waals surface area contributed by atoms with E-state index in [4.69, 9.17) is 16.3 Å². The summed E-state index contributed by atoms with van der Waals surface area (Å²) in [6.45, 7) is 4.09. The number of ether oxygens (including phenoxy) is 1. The molecule has 1 unspecified atom stereocenters. The first-order chi connectivity index (χ1) is 11.5. The van der Waals surface area contributed by atoms with Gasteiger partial charge in [0.05, 0.1) is 24.8 Å². The number of carbonyl (C=O) groups is 2. The van der Waals surface area contributed by atoms with Gasteiger partial charge < -0.3 is 19.9 Å². The standard InChI is InChI=1S/C15H20ClN5O3/c1-3-24-14-11(16)5-18-15(19-14)20-7-10(8-20)21-6-9(4-12(21)22)13(23)17-2/h5,9-10H,3-4,6-8H2,1-2H3,(H,17,23). The number of nitrogens with one attached hydrogen (secondary N) is 1. The number of carbonyl (C=O) groups excluding carboxylic acids is 2. The van der Waals surface area contributed by atoms with Gasteiger partial charge in [0.15, 0.2) is 0 Å². The van der Waals surface area contributed by atoms with Crippen molar-refractivity contribution in [3.05, 3.63) is 11.2 Å². The number of hydrogen-bond donors (Lipinski definition) is 1. The van der Waals surface area contributed by atoms with E-state index in [9.17, 15) is 9.59 Å². The lowest BCUT2D eigenvalue weighted by Gasteiger charge is -2.44. The number of nitrogens with zero attached hydrogens (tertiary/aromatic N) is 4. The van der Waals surface area contributed by atoms with E-state index < -0.39 is 0 Å². The van der Waals surface area contributed by atoms with Gasteiger partial charge in [-0.1, -0.05) is 11.6 Å². The lowest BCUT2D eigenvalue weighted by Crippen LogP contribution is -2.60. The molecule has 0 radical (unpaired) electrons. The van der Waals surface area contributed by atoms with Crippen LogP contribution in [0.2, 0.25) is 5.02 Å². The van der Waals surface area contributed by atoms with E-state index in [-0.39, 0.29) is 30.2 Å². The van der Waals surface area contributed by atoms with Gasteiger partial charge >= 0.3 is 0 Å². The number of rotatable bonds is 5. The second-order valence-corrected chi connectivity index (χ2v) is 6.28. The van der Waals surface area contributed by atoms with Crippen molar-refractivity contribution >= 4 is 29.4 Å². The molecule has 0 saturated carbocycles. The second kappa shape index (κ2) is 6.80. The molecule has 2 fully saturated rings. The van der Waals surface area contributed by atoms with Crippen molar-refractivity contribution in [2.24, 2.45) is 5.92 Å². The van der Waals surface area contributed by atoms with Gasteiger partial charge in [0.2, 0.25) is 23.6 Å². The van der Waals surface area contributed by atoms with E-state index in [0.29, 0.717) is 43.1 Å². The number of hydrogen-bond acceptors (Lipinski definition) is 6. The van der Waals surface area contributed by atoms with E-state index in [1.807, 2.05) is 11.8 Å². The fourth-order valence-electron chi connectivity index (χ4n) is 3.01. The average Bonchev–Trinajstić information content (AvgIpc) is 2.90. The zero-order chi connectivity index (χ0) is 17.3. The van der Waals surface area contributed by atoms with Crippen molar-refractivity contribution in [3.8, 4) is 5.88 Å². The first kappa shape index (κ1) is 16.8. The molecule has 24 heavy (non-hydrogen) atoms. The fraction of sp³-hybridized carbons (Fsp3) is 0.600. The SMILES string of the molecule is CCOc1nc(N2CC(N3CC(C(=O)NC)CC3=O)C2)ncc1Cl. The van der Waals surface area contributed by atoms with Crippen LogP contribution in [0.15, 0.2) is 6.20 Å². The number of aromatic nitrogens is 2. The molecule has 8 nitrogen and oxygen atoms in total. The Bertz CT molecular complexity index is 650. The molecule has 2 amide bonds. The van der Waals surface area contributed by atoms with Crippen molar-refractivity contribution in [3.63, 3.8) is 0 Å². The van der Waals surface area contributed by atoms with Crippen LogP contribution in [0.3, 0.4) is 0 Å². The van der Waals surface area contributed by atoms with Gasteiger partial charge in [-0.25, -0.2) is 4.98 Å². The van der Waals surface area contributed by atoms with Gasteiger partial charge in [-0.05, 0) is 6.92 Å². The smallest absolute Gasteiger partial charge is 0.237 e. The highest BCUT2D eigenvalue weighted by molar-refractivity contribution is 6.31. The minimum absolute atomic E-state index is 0.0280. The highest BCUT2D eigenvalue weighted by atomic mass is 35.5. The summed E-state index contributed by atoms with van der Waals surface area (Å²) in [6, 6.07) is 0.0852. The zero-order valence-corrected chi connectivity index (χ0v) is 14.4. The average molecular weight is 354 g/mol. The van der Waals surface area contributed by atoms with E-state index in [0.717, 1.165) is 0 Å². The highest BCUT2D eigenvalue weighted by Crippen LogP contribution is 2.29. The molecule has 130 valence electrons. The van der Waals surface area contributed by atoms with E-state index in [1.54, 1.807) is 11.9 Å². The molecule has 0 aliphatic carbocycles. The summed E-state index contributed by atoms with van der Waals surface area (Å²) in [5, 5.41) is 2.98. The van der Waals surface area contributed by atoms with Gasteiger partial charge in [0.25, 0.3) is 0 Å². The molecule has 3 heterocycles. The number of anilines is 1. The molecule has 2 saturated heterocycles. The Labute approximate surface area is 145 Å². The first-order valence-corrected chi connectivity index (χ1v) is 8.32. The van der Waals surface area contributed by atoms with Crippen LogP contribution < -0.4 is 15.0 Å². The highest BCUT2D eigenvalue weighted by Gasteiger charge is 2.42. The summed E-state index contributed by atoms with van der Waals surface area (Å²) < 4.78 is 5.37. The van der Waals surface area contributed by atoms with Gasteiger partial charge in [0.1, 0.15) is 5.02 Å². The molecular formula is C15H20ClN5O3. The summed E-state index contributed by atoms with van der Waals surface area (Å²) >= 11 is 5.99. The third-order valence-electron chi connectivity index (χ3n) is 4.34. The van der Waals surface area contributed by atoms with Crippen LogP contribution in [0, 0.1) is 5.92 Å². The quantitative estimate of drug-likeness (QED) is 0.819. The molecule has 9 heteroatoms. The molecule has 0 bridgehead atoms. The molecule has 3 rings (SSSR count). The van der Waals surface area contributed by atoms with Crippen LogP contribution >= 0.6 is 11.6 Å². The van der Waals surface area contributed by atoms with Gasteiger partial charge in [-0.15, -0.1) is 0 Å². The van der Waals surface area contributed by atoms with Gasteiger partial charge in [0, 0.05) is 33.1 Å². The Balaban J connectivity index is 1.60. The minimum atomic E-state index is -0.257. The lowest BCUT2D eigenvalue weighted by atomic mass is 10.1. The van der Waals surface area contributed by atoms with Crippen LogP contribution in [0.4, 0.5) is 5.95 Å².